The first-order valence-electron chi connectivity index (χ1n) is 10.4. The number of carbonyl (C=O) groups is 3. The van der Waals surface area contributed by atoms with Gasteiger partial charge in [0, 0.05) is 19.4 Å². The first-order chi connectivity index (χ1) is 14.8. The van der Waals surface area contributed by atoms with Gasteiger partial charge in [0.2, 0.25) is 5.91 Å². The number of halogens is 1. The quantitative estimate of drug-likeness (QED) is 0.231. The number of alkyl halides is 1. The van der Waals surface area contributed by atoms with Crippen LogP contribution in [0.1, 0.15) is 20.8 Å². The fourth-order valence-electron chi connectivity index (χ4n) is 1.90. The van der Waals surface area contributed by atoms with E-state index in [1.54, 1.807) is 0 Å². The van der Waals surface area contributed by atoms with Crippen molar-refractivity contribution in [3.63, 3.8) is 0 Å². The van der Waals surface area contributed by atoms with E-state index in [4.69, 9.17) is 23.7 Å². The molecule has 0 aromatic carbocycles. The summed E-state index contributed by atoms with van der Waals surface area (Å²) in [4.78, 5) is 33.4. The van der Waals surface area contributed by atoms with Crippen molar-refractivity contribution in [3.8, 4) is 0 Å². The second kappa shape index (κ2) is 20.3. The maximum absolute atomic E-state index is 13.4. The molecule has 0 saturated carbocycles. The zero-order valence-electron chi connectivity index (χ0n) is 18.8. The second-order valence-electron chi connectivity index (χ2n) is 6.82. The molecule has 0 saturated heterocycles. The summed E-state index contributed by atoms with van der Waals surface area (Å²) in [5.41, 5.74) is 0. The Morgan fingerprint density at radius 2 is 1.19 bits per heavy atom. The predicted octanol–water partition coefficient (Wildman–Crippen LogP) is -0.115. The van der Waals surface area contributed by atoms with Crippen molar-refractivity contribution in [2.45, 2.75) is 26.9 Å². The Bertz CT molecular complexity index is 494. The molecule has 1 unspecified atom stereocenters. The average molecular weight is 453 g/mol. The third-order valence-corrected chi connectivity index (χ3v) is 3.74. The van der Waals surface area contributed by atoms with Gasteiger partial charge in [-0.2, -0.15) is 0 Å². The van der Waals surface area contributed by atoms with E-state index < -0.39 is 18.0 Å². The molecule has 0 aliphatic heterocycles. The fourth-order valence-corrected chi connectivity index (χ4v) is 1.90. The number of Topliss-reactive ketones (excluding diaryl/α,β-unsaturated/α-hetero) is 1. The number of nitrogens with one attached hydrogen (secondary N) is 2. The number of carbonyl (C=O) groups excluding carboxylic acids is 3. The summed E-state index contributed by atoms with van der Waals surface area (Å²) in [6.07, 6.45) is -1.79. The Balaban J connectivity index is 3.26. The van der Waals surface area contributed by atoms with Crippen molar-refractivity contribution in [1.29, 1.82) is 0 Å². The fraction of sp³-hybridized carbons (Fsp3) is 0.850. The molecule has 0 fully saturated rings. The van der Waals surface area contributed by atoms with Gasteiger partial charge in [0.25, 0.3) is 5.91 Å². The van der Waals surface area contributed by atoms with E-state index >= 15 is 0 Å². The zero-order chi connectivity index (χ0) is 23.3. The number of ketones is 1. The predicted molar refractivity (Wildman–Crippen MR) is 111 cm³/mol. The van der Waals surface area contributed by atoms with E-state index in [9.17, 15) is 18.8 Å². The smallest absolute Gasteiger partial charge is 0.256 e. The minimum Gasteiger partial charge on any atom is -0.377 e. The molecule has 10 nitrogen and oxygen atoms in total. The average Bonchev–Trinajstić information content (AvgIpc) is 2.73. The lowest BCUT2D eigenvalue weighted by atomic mass is 10.1. The number of hydrogen-bond donors (Lipinski definition) is 2. The van der Waals surface area contributed by atoms with Crippen molar-refractivity contribution < 1.29 is 42.5 Å². The number of ether oxygens (including phenoxy) is 5. The van der Waals surface area contributed by atoms with Gasteiger partial charge < -0.3 is 34.3 Å². The van der Waals surface area contributed by atoms with E-state index in [2.05, 4.69) is 10.6 Å². The lowest BCUT2D eigenvalue weighted by Gasteiger charge is -2.10. The Hall–Kier alpha value is -1.66. The third kappa shape index (κ3) is 20.0. The lowest BCUT2D eigenvalue weighted by molar-refractivity contribution is -0.127. The summed E-state index contributed by atoms with van der Waals surface area (Å²) in [5.74, 6) is -1.13. The summed E-state index contributed by atoms with van der Waals surface area (Å²) < 4.78 is 39.8. The zero-order valence-corrected chi connectivity index (χ0v) is 18.8. The minimum atomic E-state index is -1.79. The highest BCUT2D eigenvalue weighted by Gasteiger charge is 2.16. The summed E-state index contributed by atoms with van der Waals surface area (Å²) in [5, 5.41) is 4.61. The van der Waals surface area contributed by atoms with E-state index in [0.717, 1.165) is 0 Å². The van der Waals surface area contributed by atoms with Gasteiger partial charge >= 0.3 is 0 Å². The number of amides is 2. The van der Waals surface area contributed by atoms with Crippen LogP contribution in [0.25, 0.3) is 0 Å². The largest absolute Gasteiger partial charge is 0.377 e. The maximum atomic E-state index is 13.4. The van der Waals surface area contributed by atoms with Gasteiger partial charge in [0.15, 0.2) is 12.0 Å². The van der Waals surface area contributed by atoms with Crippen molar-refractivity contribution >= 4 is 17.6 Å². The second-order valence-corrected chi connectivity index (χ2v) is 6.82. The highest BCUT2D eigenvalue weighted by atomic mass is 19.1. The van der Waals surface area contributed by atoms with Gasteiger partial charge in [-0.1, -0.05) is 13.8 Å². The molecular formula is C20H37FN2O8. The van der Waals surface area contributed by atoms with Gasteiger partial charge in [-0.05, 0) is 0 Å². The molecule has 0 bridgehead atoms. The van der Waals surface area contributed by atoms with Crippen LogP contribution in [0.5, 0.6) is 0 Å². The third-order valence-electron chi connectivity index (χ3n) is 3.74. The van der Waals surface area contributed by atoms with Crippen molar-refractivity contribution in [2.24, 2.45) is 5.92 Å². The van der Waals surface area contributed by atoms with Crippen LogP contribution < -0.4 is 10.6 Å². The molecule has 0 aromatic rings. The molecule has 0 aliphatic carbocycles. The molecule has 11 heteroatoms. The Kier molecular flexibility index (Phi) is 19.2. The number of hydrogen-bond acceptors (Lipinski definition) is 8. The van der Waals surface area contributed by atoms with E-state index in [-0.39, 0.29) is 38.0 Å². The Labute approximate surface area is 183 Å². The summed E-state index contributed by atoms with van der Waals surface area (Å²) >= 11 is 0. The van der Waals surface area contributed by atoms with Crippen molar-refractivity contribution in [2.75, 3.05) is 79.2 Å². The maximum Gasteiger partial charge on any atom is 0.256 e. The van der Waals surface area contributed by atoms with Crippen LogP contribution in [0.4, 0.5) is 4.39 Å². The molecule has 0 spiro atoms. The standard InChI is InChI=1S/C20H37FN2O8/c1-16(2)19(25)15-31-13-12-30-11-10-29-9-8-28-7-6-27-5-4-22-20(26)18(21)14-23-17(3)24/h16,18H,4-15H2,1-3H3,(H,22,26)(H,23,24). The Morgan fingerprint density at radius 3 is 1.65 bits per heavy atom. The lowest BCUT2D eigenvalue weighted by Crippen LogP contribution is -2.40. The van der Waals surface area contributed by atoms with Gasteiger partial charge in [0.1, 0.15) is 6.61 Å². The highest BCUT2D eigenvalue weighted by molar-refractivity contribution is 5.82. The first kappa shape index (κ1) is 29.3. The van der Waals surface area contributed by atoms with Crippen LogP contribution in [0, 0.1) is 5.92 Å². The van der Waals surface area contributed by atoms with Crippen LogP contribution in [0.3, 0.4) is 0 Å². The van der Waals surface area contributed by atoms with E-state index in [1.165, 1.54) is 6.92 Å². The molecular weight excluding hydrogens is 415 g/mol. The van der Waals surface area contributed by atoms with Crippen LogP contribution in [-0.2, 0) is 38.1 Å². The Morgan fingerprint density at radius 1 is 0.742 bits per heavy atom. The van der Waals surface area contributed by atoms with Crippen LogP contribution in [0.15, 0.2) is 0 Å². The molecule has 31 heavy (non-hydrogen) atoms. The van der Waals surface area contributed by atoms with Gasteiger partial charge in [0.05, 0.1) is 66.0 Å². The molecule has 0 aromatic heterocycles. The van der Waals surface area contributed by atoms with Crippen molar-refractivity contribution in [1.82, 2.24) is 10.6 Å². The monoisotopic (exact) mass is 452 g/mol. The molecule has 0 rings (SSSR count). The van der Waals surface area contributed by atoms with Gasteiger partial charge in [-0.15, -0.1) is 0 Å². The molecule has 0 aliphatic rings. The topological polar surface area (TPSA) is 121 Å². The molecule has 2 amide bonds. The van der Waals surface area contributed by atoms with Crippen LogP contribution in [0.2, 0.25) is 0 Å². The van der Waals surface area contributed by atoms with Crippen molar-refractivity contribution in [3.05, 3.63) is 0 Å². The molecule has 1 atom stereocenters. The normalized spacial score (nSPS) is 12.0. The molecule has 0 radical (unpaired) electrons. The molecule has 0 heterocycles. The summed E-state index contributed by atoms with van der Waals surface area (Å²) in [6, 6.07) is 0. The first-order valence-corrected chi connectivity index (χ1v) is 10.4. The number of rotatable bonds is 21. The molecule has 2 N–H and O–H groups in total. The van der Waals surface area contributed by atoms with E-state index in [1.807, 2.05) is 13.8 Å². The van der Waals surface area contributed by atoms with Gasteiger partial charge in [-0.3, -0.25) is 14.4 Å². The van der Waals surface area contributed by atoms with Crippen LogP contribution in [-0.4, -0.2) is 103 Å². The van der Waals surface area contributed by atoms with Crippen LogP contribution >= 0.6 is 0 Å². The highest BCUT2D eigenvalue weighted by Crippen LogP contribution is 1.94. The minimum absolute atomic E-state index is 0.0192. The summed E-state index contributed by atoms with van der Waals surface area (Å²) in [6.45, 7) is 8.26. The summed E-state index contributed by atoms with van der Waals surface area (Å²) in [7, 11) is 0. The molecule has 182 valence electrons. The van der Waals surface area contributed by atoms with Gasteiger partial charge in [-0.25, -0.2) is 4.39 Å². The van der Waals surface area contributed by atoms with E-state index in [0.29, 0.717) is 52.9 Å². The SMILES string of the molecule is CC(=O)NCC(F)C(=O)NCCOCCOCCOCCOCCOCC(=O)C(C)C.